The first-order chi connectivity index (χ1) is 9.33. The summed E-state index contributed by atoms with van der Waals surface area (Å²) in [6.07, 6.45) is 12.6. The number of ether oxygens (including phenoxy) is 2. The van der Waals surface area contributed by atoms with Crippen molar-refractivity contribution in [2.75, 3.05) is 13.2 Å². The van der Waals surface area contributed by atoms with E-state index in [4.69, 9.17) is 9.47 Å². The molecule has 3 heteroatoms. The molecule has 1 saturated heterocycles. The second-order valence-corrected chi connectivity index (χ2v) is 5.52. The highest BCUT2D eigenvalue weighted by atomic mass is 16.5. The van der Waals surface area contributed by atoms with Gasteiger partial charge in [0.2, 0.25) is 0 Å². The summed E-state index contributed by atoms with van der Waals surface area (Å²) < 4.78 is 10.8. The van der Waals surface area contributed by atoms with Crippen molar-refractivity contribution in [1.82, 2.24) is 0 Å². The fourth-order valence-corrected chi connectivity index (χ4v) is 2.49. The van der Waals surface area contributed by atoms with Crippen molar-refractivity contribution in [3.8, 4) is 0 Å². The van der Waals surface area contributed by atoms with Crippen LogP contribution in [0.3, 0.4) is 0 Å². The Bertz CT molecular complexity index is 222. The summed E-state index contributed by atoms with van der Waals surface area (Å²) in [6.45, 7) is 3.69. The zero-order valence-electron chi connectivity index (χ0n) is 12.5. The second-order valence-electron chi connectivity index (χ2n) is 5.52. The molecule has 1 unspecified atom stereocenters. The summed E-state index contributed by atoms with van der Waals surface area (Å²) in [5, 5.41) is 0. The third kappa shape index (κ3) is 9.04. The Morgan fingerprint density at radius 1 is 1.16 bits per heavy atom. The van der Waals surface area contributed by atoms with Crippen molar-refractivity contribution >= 4 is 5.97 Å². The summed E-state index contributed by atoms with van der Waals surface area (Å²) >= 11 is 0. The van der Waals surface area contributed by atoms with Crippen molar-refractivity contribution in [3.63, 3.8) is 0 Å². The lowest BCUT2D eigenvalue weighted by atomic mass is 10.1. The number of esters is 1. The molecular formula is C16H30O3. The molecule has 1 heterocycles. The Morgan fingerprint density at radius 2 is 1.95 bits per heavy atom. The van der Waals surface area contributed by atoms with E-state index in [9.17, 15) is 4.79 Å². The van der Waals surface area contributed by atoms with Gasteiger partial charge in [0.05, 0.1) is 12.7 Å². The zero-order chi connectivity index (χ0) is 13.8. The van der Waals surface area contributed by atoms with E-state index in [0.29, 0.717) is 19.1 Å². The first-order valence-corrected chi connectivity index (χ1v) is 8.10. The van der Waals surface area contributed by atoms with Crippen LogP contribution < -0.4 is 0 Å². The van der Waals surface area contributed by atoms with E-state index >= 15 is 0 Å². The average Bonchev–Trinajstić information content (AvgIpc) is 2.92. The molecule has 1 aliphatic heterocycles. The van der Waals surface area contributed by atoms with Gasteiger partial charge >= 0.3 is 5.97 Å². The molecule has 0 aliphatic carbocycles. The summed E-state index contributed by atoms with van der Waals surface area (Å²) in [5.41, 5.74) is 0. The Balaban J connectivity index is 1.82. The number of unbranched alkanes of at least 4 members (excludes halogenated alkanes) is 5. The van der Waals surface area contributed by atoms with Crippen LogP contribution in [0.2, 0.25) is 0 Å². The molecule has 1 aliphatic rings. The molecule has 0 aromatic carbocycles. The van der Waals surface area contributed by atoms with Crippen LogP contribution in [0.25, 0.3) is 0 Å². The van der Waals surface area contributed by atoms with Crippen LogP contribution in [-0.4, -0.2) is 25.3 Å². The Morgan fingerprint density at radius 3 is 2.68 bits per heavy atom. The van der Waals surface area contributed by atoms with Crippen LogP contribution in [0.5, 0.6) is 0 Å². The molecule has 0 aromatic rings. The second kappa shape index (κ2) is 11.3. The zero-order valence-corrected chi connectivity index (χ0v) is 12.5. The monoisotopic (exact) mass is 270 g/mol. The molecule has 0 spiro atoms. The quantitative estimate of drug-likeness (QED) is 0.416. The maximum absolute atomic E-state index is 11.5. The molecule has 1 rings (SSSR count). The minimum absolute atomic E-state index is 0.0252. The number of hydrogen-bond acceptors (Lipinski definition) is 3. The number of carbonyl (C=O) groups excluding carboxylic acids is 1. The van der Waals surface area contributed by atoms with Gasteiger partial charge in [-0.1, -0.05) is 39.0 Å². The van der Waals surface area contributed by atoms with Crippen molar-refractivity contribution in [2.24, 2.45) is 0 Å². The van der Waals surface area contributed by atoms with Gasteiger partial charge in [-0.25, -0.2) is 0 Å². The van der Waals surface area contributed by atoms with Crippen molar-refractivity contribution in [3.05, 3.63) is 0 Å². The Kier molecular flexibility index (Phi) is 9.78. The van der Waals surface area contributed by atoms with E-state index in [1.54, 1.807) is 0 Å². The molecule has 19 heavy (non-hydrogen) atoms. The summed E-state index contributed by atoms with van der Waals surface area (Å²) in [4.78, 5) is 11.5. The fraction of sp³-hybridized carbons (Fsp3) is 0.938. The van der Waals surface area contributed by atoms with Gasteiger partial charge in [-0.2, -0.15) is 0 Å². The largest absolute Gasteiger partial charge is 0.466 e. The SMILES string of the molecule is CCCCCCCCC(=O)OCCCC1CCCO1. The van der Waals surface area contributed by atoms with Crippen molar-refractivity contribution in [2.45, 2.75) is 83.7 Å². The lowest BCUT2D eigenvalue weighted by molar-refractivity contribution is -0.144. The van der Waals surface area contributed by atoms with Gasteiger partial charge in [-0.3, -0.25) is 4.79 Å². The Labute approximate surface area is 118 Å². The van der Waals surface area contributed by atoms with Crippen LogP contribution in [0.4, 0.5) is 0 Å². The van der Waals surface area contributed by atoms with E-state index in [-0.39, 0.29) is 5.97 Å². The van der Waals surface area contributed by atoms with E-state index in [2.05, 4.69) is 6.92 Å². The minimum atomic E-state index is -0.0252. The maximum atomic E-state index is 11.5. The fourth-order valence-electron chi connectivity index (χ4n) is 2.49. The molecule has 3 nitrogen and oxygen atoms in total. The van der Waals surface area contributed by atoms with Gasteiger partial charge in [-0.15, -0.1) is 0 Å². The normalized spacial score (nSPS) is 18.7. The van der Waals surface area contributed by atoms with Gasteiger partial charge in [0.25, 0.3) is 0 Å². The average molecular weight is 270 g/mol. The van der Waals surface area contributed by atoms with Crippen LogP contribution >= 0.6 is 0 Å². The van der Waals surface area contributed by atoms with Gasteiger partial charge < -0.3 is 9.47 Å². The van der Waals surface area contributed by atoms with Gasteiger partial charge in [-0.05, 0) is 32.1 Å². The Hall–Kier alpha value is -0.570. The lowest BCUT2D eigenvalue weighted by Gasteiger charge is -2.09. The van der Waals surface area contributed by atoms with Crippen LogP contribution in [0, 0.1) is 0 Å². The number of rotatable bonds is 11. The molecule has 0 radical (unpaired) electrons. The van der Waals surface area contributed by atoms with Crippen molar-refractivity contribution < 1.29 is 14.3 Å². The smallest absolute Gasteiger partial charge is 0.305 e. The minimum Gasteiger partial charge on any atom is -0.466 e. The predicted octanol–water partition coefficient (Wildman–Crippen LogP) is 4.24. The molecule has 0 bridgehead atoms. The third-order valence-electron chi connectivity index (χ3n) is 3.69. The highest BCUT2D eigenvalue weighted by molar-refractivity contribution is 5.69. The van der Waals surface area contributed by atoms with E-state index in [0.717, 1.165) is 32.3 Å². The molecule has 1 atom stereocenters. The first-order valence-electron chi connectivity index (χ1n) is 8.10. The maximum Gasteiger partial charge on any atom is 0.305 e. The molecule has 0 amide bonds. The lowest BCUT2D eigenvalue weighted by Crippen LogP contribution is -2.09. The first kappa shape index (κ1) is 16.5. The van der Waals surface area contributed by atoms with E-state index in [1.165, 1.54) is 38.5 Å². The molecule has 112 valence electrons. The summed E-state index contributed by atoms with van der Waals surface area (Å²) in [7, 11) is 0. The number of carbonyl (C=O) groups is 1. The molecule has 1 fully saturated rings. The third-order valence-corrected chi connectivity index (χ3v) is 3.69. The van der Waals surface area contributed by atoms with E-state index in [1.807, 2.05) is 0 Å². The number of hydrogen-bond donors (Lipinski definition) is 0. The topological polar surface area (TPSA) is 35.5 Å². The summed E-state index contributed by atoms with van der Waals surface area (Å²) in [5.74, 6) is -0.0252. The molecular weight excluding hydrogens is 240 g/mol. The highest BCUT2D eigenvalue weighted by Crippen LogP contribution is 2.16. The van der Waals surface area contributed by atoms with Crippen LogP contribution in [-0.2, 0) is 14.3 Å². The predicted molar refractivity (Wildman–Crippen MR) is 77.2 cm³/mol. The van der Waals surface area contributed by atoms with Gasteiger partial charge in [0, 0.05) is 13.0 Å². The molecule has 0 aromatic heterocycles. The van der Waals surface area contributed by atoms with Crippen molar-refractivity contribution in [1.29, 1.82) is 0 Å². The van der Waals surface area contributed by atoms with Gasteiger partial charge in [0.1, 0.15) is 0 Å². The van der Waals surface area contributed by atoms with Crippen LogP contribution in [0.15, 0.2) is 0 Å². The van der Waals surface area contributed by atoms with Gasteiger partial charge in [0.15, 0.2) is 0 Å². The van der Waals surface area contributed by atoms with Crippen LogP contribution in [0.1, 0.15) is 77.6 Å². The van der Waals surface area contributed by atoms with E-state index < -0.39 is 0 Å². The highest BCUT2D eigenvalue weighted by Gasteiger charge is 2.14. The standard InChI is InChI=1S/C16H30O3/c1-2-3-4-5-6-7-12-16(17)19-14-9-11-15-10-8-13-18-15/h15H,2-14H2,1H3. The summed E-state index contributed by atoms with van der Waals surface area (Å²) in [6, 6.07) is 0. The molecule has 0 saturated carbocycles. The molecule has 0 N–H and O–H groups in total.